The standard InChI is InChI=1S/C19H19NO5S/c1-13(26-16-6-4-3-5-7-16)18(22)25-12-17(21)20-15-10-8-14(9-11-15)19(23)24-2/h3-11,13H,12H2,1-2H3,(H,20,21)/t13-/m1/s1. The monoisotopic (exact) mass is 373 g/mol. The number of esters is 2. The molecule has 0 aliphatic heterocycles. The highest BCUT2D eigenvalue weighted by molar-refractivity contribution is 8.00. The van der Waals surface area contributed by atoms with Gasteiger partial charge in [-0.3, -0.25) is 9.59 Å². The third-order valence-electron chi connectivity index (χ3n) is 3.32. The zero-order valence-corrected chi connectivity index (χ0v) is 15.2. The molecule has 0 aliphatic carbocycles. The first kappa shape index (κ1) is 19.5. The zero-order valence-electron chi connectivity index (χ0n) is 14.4. The van der Waals surface area contributed by atoms with E-state index in [1.54, 1.807) is 19.1 Å². The van der Waals surface area contributed by atoms with Crippen LogP contribution in [0.25, 0.3) is 0 Å². The SMILES string of the molecule is COC(=O)c1ccc(NC(=O)COC(=O)[C@@H](C)Sc2ccccc2)cc1. The van der Waals surface area contributed by atoms with Gasteiger partial charge in [0.05, 0.1) is 12.7 Å². The molecule has 7 heteroatoms. The van der Waals surface area contributed by atoms with Crippen LogP contribution in [0.2, 0.25) is 0 Å². The molecule has 0 spiro atoms. The molecule has 2 aromatic carbocycles. The molecule has 0 heterocycles. The van der Waals surface area contributed by atoms with E-state index in [1.165, 1.54) is 31.0 Å². The summed E-state index contributed by atoms with van der Waals surface area (Å²) >= 11 is 1.36. The van der Waals surface area contributed by atoms with Crippen LogP contribution in [0.15, 0.2) is 59.5 Å². The number of amides is 1. The van der Waals surface area contributed by atoms with Gasteiger partial charge in [-0.2, -0.15) is 0 Å². The molecule has 0 aliphatic rings. The predicted molar refractivity (Wildman–Crippen MR) is 99.1 cm³/mol. The highest BCUT2D eigenvalue weighted by atomic mass is 32.2. The molecule has 0 saturated heterocycles. The maximum Gasteiger partial charge on any atom is 0.337 e. The number of carbonyl (C=O) groups excluding carboxylic acids is 3. The Bertz CT molecular complexity index is 761. The first-order valence-corrected chi connectivity index (χ1v) is 8.74. The number of anilines is 1. The van der Waals surface area contributed by atoms with Gasteiger partial charge in [0.25, 0.3) is 5.91 Å². The minimum Gasteiger partial charge on any atom is -0.465 e. The maximum absolute atomic E-state index is 12.0. The van der Waals surface area contributed by atoms with Crippen LogP contribution in [-0.2, 0) is 19.1 Å². The second kappa shape index (κ2) is 9.62. The lowest BCUT2D eigenvalue weighted by molar-refractivity contribution is -0.146. The maximum atomic E-state index is 12.0. The molecule has 136 valence electrons. The minimum absolute atomic E-state index is 0.378. The molecule has 26 heavy (non-hydrogen) atoms. The van der Waals surface area contributed by atoms with Gasteiger partial charge in [0.2, 0.25) is 0 Å². The number of nitrogens with one attached hydrogen (secondary N) is 1. The van der Waals surface area contributed by atoms with Crippen molar-refractivity contribution in [2.75, 3.05) is 19.0 Å². The Morgan fingerprint density at radius 3 is 2.31 bits per heavy atom. The number of hydrogen-bond donors (Lipinski definition) is 1. The van der Waals surface area contributed by atoms with Crippen LogP contribution in [0.1, 0.15) is 17.3 Å². The fourth-order valence-corrected chi connectivity index (χ4v) is 2.90. The van der Waals surface area contributed by atoms with E-state index in [4.69, 9.17) is 4.74 Å². The van der Waals surface area contributed by atoms with E-state index in [0.717, 1.165) is 4.90 Å². The molecule has 2 aromatic rings. The van der Waals surface area contributed by atoms with Gasteiger partial charge in [0.15, 0.2) is 6.61 Å². The number of methoxy groups -OCH3 is 1. The summed E-state index contributed by atoms with van der Waals surface area (Å²) in [5.41, 5.74) is 0.870. The smallest absolute Gasteiger partial charge is 0.337 e. The van der Waals surface area contributed by atoms with E-state index in [-0.39, 0.29) is 6.61 Å². The van der Waals surface area contributed by atoms with Crippen LogP contribution in [0.5, 0.6) is 0 Å². The van der Waals surface area contributed by atoms with E-state index < -0.39 is 23.1 Å². The second-order valence-electron chi connectivity index (χ2n) is 5.30. The molecule has 0 bridgehead atoms. The molecule has 1 atom stereocenters. The molecule has 1 N–H and O–H groups in total. The molecule has 0 aromatic heterocycles. The Morgan fingerprint density at radius 2 is 1.69 bits per heavy atom. The molecule has 6 nitrogen and oxygen atoms in total. The van der Waals surface area contributed by atoms with Gasteiger partial charge in [-0.15, -0.1) is 11.8 Å². The average molecular weight is 373 g/mol. The zero-order chi connectivity index (χ0) is 18.9. The van der Waals surface area contributed by atoms with E-state index in [2.05, 4.69) is 10.1 Å². The number of thioether (sulfide) groups is 1. The number of carbonyl (C=O) groups is 3. The summed E-state index contributed by atoms with van der Waals surface area (Å²) in [4.78, 5) is 36.2. The molecule has 0 saturated carbocycles. The minimum atomic E-state index is -0.463. The predicted octanol–water partition coefficient (Wildman–Crippen LogP) is 3.14. The third-order valence-corrected chi connectivity index (χ3v) is 4.41. The highest BCUT2D eigenvalue weighted by Crippen LogP contribution is 2.23. The number of ether oxygens (including phenoxy) is 2. The topological polar surface area (TPSA) is 81.7 Å². The quantitative estimate of drug-likeness (QED) is 0.593. The first-order chi connectivity index (χ1) is 12.5. The van der Waals surface area contributed by atoms with E-state index >= 15 is 0 Å². The van der Waals surface area contributed by atoms with Crippen molar-refractivity contribution in [1.29, 1.82) is 0 Å². The van der Waals surface area contributed by atoms with Gasteiger partial charge in [-0.25, -0.2) is 4.79 Å². The van der Waals surface area contributed by atoms with Crippen LogP contribution in [0.3, 0.4) is 0 Å². The van der Waals surface area contributed by atoms with Crippen molar-refractivity contribution in [2.45, 2.75) is 17.1 Å². The Kier molecular flexibility index (Phi) is 7.23. The number of benzene rings is 2. The van der Waals surface area contributed by atoms with Crippen molar-refractivity contribution in [3.63, 3.8) is 0 Å². The lowest BCUT2D eigenvalue weighted by Gasteiger charge is -2.11. The van der Waals surface area contributed by atoms with Crippen molar-refractivity contribution in [3.05, 3.63) is 60.2 Å². The van der Waals surface area contributed by atoms with Crippen molar-refractivity contribution in [2.24, 2.45) is 0 Å². The van der Waals surface area contributed by atoms with Crippen LogP contribution in [0, 0.1) is 0 Å². The Morgan fingerprint density at radius 1 is 1.04 bits per heavy atom. The lowest BCUT2D eigenvalue weighted by Crippen LogP contribution is -2.24. The summed E-state index contributed by atoms with van der Waals surface area (Å²) in [5.74, 6) is -1.38. The van der Waals surface area contributed by atoms with E-state index in [1.807, 2.05) is 30.3 Å². The summed E-state index contributed by atoms with van der Waals surface area (Å²) in [7, 11) is 1.30. The molecular formula is C19H19NO5S. The van der Waals surface area contributed by atoms with Crippen molar-refractivity contribution >= 4 is 35.3 Å². The number of rotatable bonds is 7. The molecule has 0 radical (unpaired) electrons. The van der Waals surface area contributed by atoms with Crippen LogP contribution >= 0.6 is 11.8 Å². The largest absolute Gasteiger partial charge is 0.465 e. The summed E-state index contributed by atoms with van der Waals surface area (Å²) in [6.45, 7) is 1.35. The third kappa shape index (κ3) is 5.93. The van der Waals surface area contributed by atoms with Gasteiger partial charge < -0.3 is 14.8 Å². The van der Waals surface area contributed by atoms with Gasteiger partial charge >= 0.3 is 11.9 Å². The normalized spacial score (nSPS) is 11.3. The van der Waals surface area contributed by atoms with Gasteiger partial charge in [-0.05, 0) is 43.3 Å². The first-order valence-electron chi connectivity index (χ1n) is 7.86. The Labute approximate surface area is 155 Å². The Hall–Kier alpha value is -2.80. The van der Waals surface area contributed by atoms with Crippen LogP contribution < -0.4 is 5.32 Å². The van der Waals surface area contributed by atoms with Gasteiger partial charge in [-0.1, -0.05) is 18.2 Å². The summed E-state index contributed by atoms with van der Waals surface area (Å²) < 4.78 is 9.64. The fourth-order valence-electron chi connectivity index (χ4n) is 2.01. The van der Waals surface area contributed by atoms with Crippen LogP contribution in [-0.4, -0.2) is 36.8 Å². The van der Waals surface area contributed by atoms with Gasteiger partial charge in [0.1, 0.15) is 5.25 Å². The number of hydrogen-bond acceptors (Lipinski definition) is 6. The molecular weight excluding hydrogens is 354 g/mol. The van der Waals surface area contributed by atoms with Crippen molar-refractivity contribution in [3.8, 4) is 0 Å². The molecule has 1 amide bonds. The summed E-state index contributed by atoms with van der Waals surface area (Å²) in [6.07, 6.45) is 0. The Balaban J connectivity index is 1.78. The molecule has 2 rings (SSSR count). The second-order valence-corrected chi connectivity index (χ2v) is 6.71. The van der Waals surface area contributed by atoms with Crippen molar-refractivity contribution < 1.29 is 23.9 Å². The van der Waals surface area contributed by atoms with Gasteiger partial charge in [0, 0.05) is 10.6 Å². The van der Waals surface area contributed by atoms with E-state index in [0.29, 0.717) is 11.3 Å². The summed E-state index contributed by atoms with van der Waals surface area (Å²) in [5, 5.41) is 2.17. The average Bonchev–Trinajstić information content (AvgIpc) is 2.66. The van der Waals surface area contributed by atoms with Crippen molar-refractivity contribution in [1.82, 2.24) is 0 Å². The molecule has 0 unspecified atom stereocenters. The molecule has 0 fully saturated rings. The summed E-state index contributed by atoms with van der Waals surface area (Å²) in [6, 6.07) is 15.7. The van der Waals surface area contributed by atoms with Crippen LogP contribution in [0.4, 0.5) is 5.69 Å². The fraction of sp³-hybridized carbons (Fsp3) is 0.211. The lowest BCUT2D eigenvalue weighted by atomic mass is 10.2. The highest BCUT2D eigenvalue weighted by Gasteiger charge is 2.17. The van der Waals surface area contributed by atoms with E-state index in [9.17, 15) is 14.4 Å².